The number of methoxy groups -OCH3 is 1. The number of hydrogen-bond donors (Lipinski definition) is 0. The van der Waals surface area contributed by atoms with Gasteiger partial charge in [-0.3, -0.25) is 14.4 Å². The molecule has 0 saturated heterocycles. The van der Waals surface area contributed by atoms with Crippen LogP contribution in [0.25, 0.3) is 5.70 Å². The van der Waals surface area contributed by atoms with Crippen molar-refractivity contribution in [3.8, 4) is 0 Å². The highest BCUT2D eigenvalue weighted by Gasteiger charge is 2.34. The second-order valence-electron chi connectivity index (χ2n) is 6.57. The van der Waals surface area contributed by atoms with Gasteiger partial charge in [-0.1, -0.05) is 6.58 Å². The van der Waals surface area contributed by atoms with Crippen LogP contribution in [0.15, 0.2) is 36.4 Å². The zero-order valence-corrected chi connectivity index (χ0v) is 15.4. The summed E-state index contributed by atoms with van der Waals surface area (Å²) in [5.74, 6) is -0.600. The predicted octanol–water partition coefficient (Wildman–Crippen LogP) is 3.06. The molecule has 1 aromatic carbocycles. The number of esters is 1. The molecule has 8 heteroatoms. The fourth-order valence-corrected chi connectivity index (χ4v) is 3.69. The van der Waals surface area contributed by atoms with Gasteiger partial charge >= 0.3 is 5.97 Å². The Morgan fingerprint density at radius 3 is 2.56 bits per heavy atom. The van der Waals surface area contributed by atoms with E-state index in [4.69, 9.17) is 0 Å². The lowest BCUT2D eigenvalue weighted by atomic mass is 10.1. The molecule has 2 rings (SSSR count). The largest absolute Gasteiger partial charge is 0.465 e. The summed E-state index contributed by atoms with van der Waals surface area (Å²) >= 11 is 0. The third-order valence-corrected chi connectivity index (χ3v) is 5.34. The van der Waals surface area contributed by atoms with Gasteiger partial charge in [0.15, 0.2) is 0 Å². The minimum Gasteiger partial charge on any atom is -0.465 e. The average Bonchev–Trinajstić information content (AvgIpc) is 2.93. The Morgan fingerprint density at radius 2 is 2.04 bits per heavy atom. The molecule has 1 aromatic rings. The van der Waals surface area contributed by atoms with Crippen molar-refractivity contribution in [3.63, 3.8) is 0 Å². The van der Waals surface area contributed by atoms with Crippen molar-refractivity contribution in [2.45, 2.75) is 25.5 Å². The van der Waals surface area contributed by atoms with Crippen LogP contribution in [0.3, 0.4) is 0 Å². The summed E-state index contributed by atoms with van der Waals surface area (Å²) in [5.41, 5.74) is 1.32. The van der Waals surface area contributed by atoms with Gasteiger partial charge in [-0.2, -0.15) is 0 Å². The number of carbonyl (C=O) groups is 1. The first kappa shape index (κ1) is 18.9. The summed E-state index contributed by atoms with van der Waals surface area (Å²) in [5, 5.41) is 11.4. The minimum absolute atomic E-state index is 0.176. The van der Waals surface area contributed by atoms with Gasteiger partial charge in [-0.25, -0.2) is 9.00 Å². The molecular formula is C17H20N2O5S. The van der Waals surface area contributed by atoms with E-state index in [1.807, 2.05) is 20.8 Å². The molecule has 1 aliphatic heterocycles. The van der Waals surface area contributed by atoms with Crippen molar-refractivity contribution in [1.29, 1.82) is 0 Å². The number of nitro groups is 1. The lowest BCUT2D eigenvalue weighted by Gasteiger charge is -2.28. The predicted molar refractivity (Wildman–Crippen MR) is 96.2 cm³/mol. The second-order valence-corrected chi connectivity index (χ2v) is 8.73. The average molecular weight is 364 g/mol. The minimum atomic E-state index is -1.44. The van der Waals surface area contributed by atoms with Crippen molar-refractivity contribution in [1.82, 2.24) is 4.31 Å². The van der Waals surface area contributed by atoms with Crippen LogP contribution in [0.2, 0.25) is 0 Å². The maximum Gasteiger partial charge on any atom is 0.337 e. The number of hydrogen-bond acceptors (Lipinski definition) is 5. The molecule has 1 aliphatic rings. The Morgan fingerprint density at radius 1 is 1.40 bits per heavy atom. The van der Waals surface area contributed by atoms with Crippen molar-refractivity contribution in [2.75, 3.05) is 13.7 Å². The number of nitro benzene ring substituents is 1. The van der Waals surface area contributed by atoms with Gasteiger partial charge in [0.2, 0.25) is 0 Å². The maximum atomic E-state index is 12.8. The molecular weight excluding hydrogens is 344 g/mol. The third-order valence-electron chi connectivity index (χ3n) is 3.57. The molecule has 0 bridgehead atoms. The second kappa shape index (κ2) is 6.79. The molecule has 0 N–H and O–H groups in total. The molecule has 1 heterocycles. The van der Waals surface area contributed by atoms with Crippen LogP contribution < -0.4 is 0 Å². The van der Waals surface area contributed by atoms with Crippen LogP contribution in [0, 0.1) is 10.1 Å². The number of rotatable bonds is 4. The summed E-state index contributed by atoms with van der Waals surface area (Å²) in [6.07, 6.45) is 1.66. The standard InChI is InChI=1S/C17H20N2O5S/c1-11-8-15(18(10-11)25(23)17(2,3)4)13-9-12(16(20)24-5)6-7-14(13)19(21)22/h6-9H,1,10H2,2-5H3/t25-/m1/s1. The number of carbonyl (C=O) groups excluding carboxylic acids is 1. The molecule has 0 fully saturated rings. The molecule has 1 atom stereocenters. The van der Waals surface area contributed by atoms with E-state index in [2.05, 4.69) is 11.3 Å². The number of ether oxygens (including phenoxy) is 1. The summed E-state index contributed by atoms with van der Waals surface area (Å²) < 4.78 is 18.5. The van der Waals surface area contributed by atoms with E-state index in [1.54, 1.807) is 10.4 Å². The Labute approximate surface area is 148 Å². The van der Waals surface area contributed by atoms with Gasteiger partial charge in [-0.15, -0.1) is 0 Å². The van der Waals surface area contributed by atoms with E-state index in [0.717, 1.165) is 0 Å². The van der Waals surface area contributed by atoms with E-state index < -0.39 is 26.6 Å². The van der Waals surface area contributed by atoms with Crippen molar-refractivity contribution >= 4 is 28.3 Å². The van der Waals surface area contributed by atoms with E-state index in [0.29, 0.717) is 17.8 Å². The lowest BCUT2D eigenvalue weighted by Crippen LogP contribution is -2.35. The van der Waals surface area contributed by atoms with Gasteiger partial charge in [0, 0.05) is 6.07 Å². The van der Waals surface area contributed by atoms with Crippen LogP contribution in [0.1, 0.15) is 36.7 Å². The number of benzene rings is 1. The highest BCUT2D eigenvalue weighted by Crippen LogP contribution is 2.37. The van der Waals surface area contributed by atoms with E-state index >= 15 is 0 Å². The summed E-state index contributed by atoms with van der Waals surface area (Å²) in [4.78, 5) is 22.7. The lowest BCUT2D eigenvalue weighted by molar-refractivity contribution is -0.385. The first-order chi connectivity index (χ1) is 11.6. The fourth-order valence-electron chi connectivity index (χ4n) is 2.42. The quantitative estimate of drug-likeness (QED) is 0.465. The smallest absolute Gasteiger partial charge is 0.337 e. The zero-order chi connectivity index (χ0) is 18.9. The van der Waals surface area contributed by atoms with Crippen LogP contribution in [0.4, 0.5) is 5.69 Å². The molecule has 0 amide bonds. The van der Waals surface area contributed by atoms with Gasteiger partial charge in [-0.05, 0) is 44.6 Å². The van der Waals surface area contributed by atoms with Crippen LogP contribution in [-0.4, -0.2) is 37.8 Å². The van der Waals surface area contributed by atoms with Crippen LogP contribution in [-0.2, 0) is 15.7 Å². The van der Waals surface area contributed by atoms with Crippen LogP contribution >= 0.6 is 0 Å². The van der Waals surface area contributed by atoms with Crippen molar-refractivity contribution in [2.24, 2.45) is 0 Å². The molecule has 0 saturated carbocycles. The normalized spacial score (nSPS) is 15.8. The maximum absolute atomic E-state index is 12.8. The molecule has 7 nitrogen and oxygen atoms in total. The molecule has 0 spiro atoms. The summed E-state index contributed by atoms with van der Waals surface area (Å²) in [7, 11) is -0.202. The molecule has 134 valence electrons. The first-order valence-electron chi connectivity index (χ1n) is 7.52. The molecule has 0 aromatic heterocycles. The molecule has 25 heavy (non-hydrogen) atoms. The molecule has 0 aliphatic carbocycles. The number of nitrogens with zero attached hydrogens (tertiary/aromatic N) is 2. The topological polar surface area (TPSA) is 89.8 Å². The molecule has 0 radical (unpaired) electrons. The van der Waals surface area contributed by atoms with E-state index in [1.165, 1.54) is 25.3 Å². The Balaban J connectivity index is 2.62. The first-order valence-corrected chi connectivity index (χ1v) is 8.63. The third kappa shape index (κ3) is 3.79. The Hall–Kier alpha value is -2.48. The Kier molecular flexibility index (Phi) is 5.12. The van der Waals surface area contributed by atoms with Crippen molar-refractivity contribution < 1.29 is 18.7 Å². The summed E-state index contributed by atoms with van der Waals surface area (Å²) in [6.45, 7) is 9.64. The summed E-state index contributed by atoms with van der Waals surface area (Å²) in [6, 6.07) is 3.98. The monoisotopic (exact) mass is 364 g/mol. The van der Waals surface area contributed by atoms with Gasteiger partial charge < -0.3 is 4.74 Å². The van der Waals surface area contributed by atoms with E-state index in [-0.39, 0.29) is 16.8 Å². The van der Waals surface area contributed by atoms with Crippen molar-refractivity contribution in [3.05, 3.63) is 57.7 Å². The fraction of sp³-hybridized carbons (Fsp3) is 0.353. The molecule has 0 unspecified atom stereocenters. The van der Waals surface area contributed by atoms with Crippen LogP contribution in [0.5, 0.6) is 0 Å². The van der Waals surface area contributed by atoms with Gasteiger partial charge in [0.25, 0.3) is 5.69 Å². The highest BCUT2D eigenvalue weighted by molar-refractivity contribution is 7.84. The SMILES string of the molecule is C=C1C=C(c2cc(C(=O)OC)ccc2[N+](=O)[O-])N([S@](=O)C(C)(C)C)C1. The Bertz CT molecular complexity index is 808. The zero-order valence-electron chi connectivity index (χ0n) is 14.6. The van der Waals surface area contributed by atoms with Gasteiger partial charge in [0.05, 0.1) is 40.1 Å². The highest BCUT2D eigenvalue weighted by atomic mass is 32.2. The van der Waals surface area contributed by atoms with Gasteiger partial charge in [0.1, 0.15) is 11.0 Å². The van der Waals surface area contributed by atoms with E-state index in [9.17, 15) is 19.1 Å².